The van der Waals surface area contributed by atoms with Crippen molar-refractivity contribution in [2.24, 2.45) is 35.5 Å². The van der Waals surface area contributed by atoms with Crippen LogP contribution in [0.1, 0.15) is 72.6 Å². The second-order valence-corrected chi connectivity index (χ2v) is 7.44. The average Bonchev–Trinajstić information content (AvgIpc) is 2.94. The van der Waals surface area contributed by atoms with Crippen molar-refractivity contribution in [1.29, 1.82) is 0 Å². The third-order valence-electron chi connectivity index (χ3n) is 5.45. The first-order valence-electron chi connectivity index (χ1n) is 8.10. The van der Waals surface area contributed by atoms with Crippen molar-refractivity contribution in [2.45, 2.75) is 72.6 Å². The predicted octanol–water partition coefficient (Wildman–Crippen LogP) is 5.52. The summed E-state index contributed by atoms with van der Waals surface area (Å²) in [6.07, 6.45) is 10.5. The van der Waals surface area contributed by atoms with Gasteiger partial charge in [-0.1, -0.05) is 40.5 Å². The van der Waals surface area contributed by atoms with E-state index in [0.29, 0.717) is 0 Å². The molecular formula is C17H32. The maximum absolute atomic E-state index is 2.53. The molecule has 0 aliphatic heterocycles. The first-order chi connectivity index (χ1) is 8.10. The van der Waals surface area contributed by atoms with Gasteiger partial charge in [-0.15, -0.1) is 0 Å². The zero-order valence-electron chi connectivity index (χ0n) is 12.4. The monoisotopic (exact) mass is 236 g/mol. The van der Waals surface area contributed by atoms with Gasteiger partial charge in [0.25, 0.3) is 0 Å². The van der Waals surface area contributed by atoms with Crippen LogP contribution in [0.15, 0.2) is 0 Å². The summed E-state index contributed by atoms with van der Waals surface area (Å²) >= 11 is 0. The molecule has 2 fully saturated rings. The van der Waals surface area contributed by atoms with Gasteiger partial charge in [0, 0.05) is 0 Å². The van der Waals surface area contributed by atoms with Gasteiger partial charge in [-0.05, 0) is 67.6 Å². The zero-order chi connectivity index (χ0) is 12.4. The topological polar surface area (TPSA) is 0 Å². The lowest BCUT2D eigenvalue weighted by Crippen LogP contribution is -2.17. The minimum atomic E-state index is 0.948. The van der Waals surface area contributed by atoms with Crippen molar-refractivity contribution in [3.05, 3.63) is 0 Å². The van der Waals surface area contributed by atoms with Crippen molar-refractivity contribution >= 4 is 0 Å². The standard InChI is InChI=1S/C17H32/c1-5-6-12(2)7-14(4)15-8-13(3)9-16-11-17(16)10-15/h12-17H,5-11H2,1-4H3. The highest BCUT2D eigenvalue weighted by molar-refractivity contribution is 4.93. The molecule has 0 aromatic rings. The maximum atomic E-state index is 2.53. The van der Waals surface area contributed by atoms with E-state index in [1.807, 2.05) is 0 Å². The summed E-state index contributed by atoms with van der Waals surface area (Å²) in [7, 11) is 0. The second-order valence-electron chi connectivity index (χ2n) is 7.44. The molecule has 0 nitrogen and oxygen atoms in total. The Labute approximate surface area is 109 Å². The number of hydrogen-bond acceptors (Lipinski definition) is 0. The maximum Gasteiger partial charge on any atom is -0.0380 e. The van der Waals surface area contributed by atoms with Crippen LogP contribution in [0.25, 0.3) is 0 Å². The Balaban J connectivity index is 1.82. The summed E-state index contributed by atoms with van der Waals surface area (Å²) in [6.45, 7) is 9.81. The van der Waals surface area contributed by atoms with Gasteiger partial charge in [0.2, 0.25) is 0 Å². The van der Waals surface area contributed by atoms with Gasteiger partial charge >= 0.3 is 0 Å². The molecule has 2 aliphatic rings. The fraction of sp³-hybridized carbons (Fsp3) is 1.00. The normalized spacial score (nSPS) is 40.2. The summed E-state index contributed by atoms with van der Waals surface area (Å²) in [5.74, 6) is 6.23. The van der Waals surface area contributed by atoms with E-state index in [1.54, 1.807) is 19.3 Å². The molecule has 0 aromatic carbocycles. The molecule has 0 N–H and O–H groups in total. The van der Waals surface area contributed by atoms with E-state index < -0.39 is 0 Å². The van der Waals surface area contributed by atoms with E-state index in [0.717, 1.165) is 35.5 Å². The molecule has 0 bridgehead atoms. The van der Waals surface area contributed by atoms with Crippen LogP contribution in [0, 0.1) is 35.5 Å². The van der Waals surface area contributed by atoms with Gasteiger partial charge in [-0.3, -0.25) is 0 Å². The third-order valence-corrected chi connectivity index (χ3v) is 5.45. The SMILES string of the molecule is CCCC(C)CC(C)C1CC(C)CC2CC2C1. The fourth-order valence-electron chi connectivity index (χ4n) is 4.41. The molecule has 17 heavy (non-hydrogen) atoms. The van der Waals surface area contributed by atoms with Crippen molar-refractivity contribution < 1.29 is 0 Å². The van der Waals surface area contributed by atoms with Crippen molar-refractivity contribution in [3.63, 3.8) is 0 Å². The molecule has 2 rings (SSSR count). The molecule has 2 aliphatic carbocycles. The Morgan fingerprint density at radius 1 is 1.00 bits per heavy atom. The highest BCUT2D eigenvalue weighted by atomic mass is 14.5. The Bertz CT molecular complexity index is 230. The minimum absolute atomic E-state index is 0.948. The third kappa shape index (κ3) is 3.73. The lowest BCUT2D eigenvalue weighted by molar-refractivity contribution is 0.235. The van der Waals surface area contributed by atoms with Gasteiger partial charge in [0.1, 0.15) is 0 Å². The summed E-state index contributed by atoms with van der Waals surface area (Å²) in [4.78, 5) is 0. The van der Waals surface area contributed by atoms with E-state index in [2.05, 4.69) is 27.7 Å². The summed E-state index contributed by atoms with van der Waals surface area (Å²) in [6, 6.07) is 0. The number of fused-ring (bicyclic) bond motifs is 1. The smallest absolute Gasteiger partial charge is 0.0380 e. The van der Waals surface area contributed by atoms with Gasteiger partial charge in [-0.25, -0.2) is 0 Å². The first-order valence-corrected chi connectivity index (χ1v) is 8.10. The van der Waals surface area contributed by atoms with E-state index in [4.69, 9.17) is 0 Å². The lowest BCUT2D eigenvalue weighted by Gasteiger charge is -2.27. The van der Waals surface area contributed by atoms with Gasteiger partial charge in [0.05, 0.1) is 0 Å². The van der Waals surface area contributed by atoms with Crippen LogP contribution in [0.2, 0.25) is 0 Å². The Morgan fingerprint density at radius 2 is 1.71 bits per heavy atom. The molecule has 0 radical (unpaired) electrons. The second kappa shape index (κ2) is 5.76. The van der Waals surface area contributed by atoms with Crippen LogP contribution >= 0.6 is 0 Å². The summed E-state index contributed by atoms with van der Waals surface area (Å²) in [5.41, 5.74) is 0. The van der Waals surface area contributed by atoms with Crippen LogP contribution in [0.5, 0.6) is 0 Å². The molecule has 0 heteroatoms. The van der Waals surface area contributed by atoms with Gasteiger partial charge < -0.3 is 0 Å². The van der Waals surface area contributed by atoms with Crippen LogP contribution in [-0.4, -0.2) is 0 Å². The molecule has 6 atom stereocenters. The molecule has 0 aromatic heterocycles. The van der Waals surface area contributed by atoms with Crippen molar-refractivity contribution in [2.75, 3.05) is 0 Å². The van der Waals surface area contributed by atoms with Crippen LogP contribution in [-0.2, 0) is 0 Å². The highest BCUT2D eigenvalue weighted by Gasteiger charge is 2.42. The van der Waals surface area contributed by atoms with Gasteiger partial charge in [0.15, 0.2) is 0 Å². The highest BCUT2D eigenvalue weighted by Crippen LogP contribution is 2.52. The minimum Gasteiger partial charge on any atom is -0.0654 e. The molecule has 0 heterocycles. The van der Waals surface area contributed by atoms with Crippen molar-refractivity contribution in [3.8, 4) is 0 Å². The quantitative estimate of drug-likeness (QED) is 0.589. The molecule has 2 saturated carbocycles. The van der Waals surface area contributed by atoms with Crippen LogP contribution in [0.4, 0.5) is 0 Å². The molecule has 100 valence electrons. The number of rotatable bonds is 5. The lowest BCUT2D eigenvalue weighted by atomic mass is 9.78. The molecular weight excluding hydrogens is 204 g/mol. The van der Waals surface area contributed by atoms with Crippen LogP contribution in [0.3, 0.4) is 0 Å². The zero-order valence-corrected chi connectivity index (χ0v) is 12.4. The van der Waals surface area contributed by atoms with E-state index in [9.17, 15) is 0 Å². The molecule has 6 unspecified atom stereocenters. The Hall–Kier alpha value is 0. The van der Waals surface area contributed by atoms with Crippen molar-refractivity contribution in [1.82, 2.24) is 0 Å². The summed E-state index contributed by atoms with van der Waals surface area (Å²) in [5, 5.41) is 0. The molecule has 0 spiro atoms. The predicted molar refractivity (Wildman–Crippen MR) is 76.0 cm³/mol. The van der Waals surface area contributed by atoms with Crippen LogP contribution < -0.4 is 0 Å². The van der Waals surface area contributed by atoms with Gasteiger partial charge in [-0.2, -0.15) is 0 Å². The first kappa shape index (κ1) is 13.4. The molecule has 0 amide bonds. The van der Waals surface area contributed by atoms with E-state index >= 15 is 0 Å². The van der Waals surface area contributed by atoms with E-state index in [-0.39, 0.29) is 0 Å². The molecule has 0 saturated heterocycles. The number of hydrogen-bond donors (Lipinski definition) is 0. The average molecular weight is 236 g/mol. The Morgan fingerprint density at radius 3 is 2.41 bits per heavy atom. The largest absolute Gasteiger partial charge is 0.0654 e. The fourth-order valence-corrected chi connectivity index (χ4v) is 4.41. The Kier molecular flexibility index (Phi) is 4.55. The summed E-state index contributed by atoms with van der Waals surface area (Å²) < 4.78 is 0. The van der Waals surface area contributed by atoms with E-state index in [1.165, 1.54) is 25.7 Å².